The van der Waals surface area contributed by atoms with Crippen molar-refractivity contribution in [3.05, 3.63) is 33.9 Å². The van der Waals surface area contributed by atoms with Crippen molar-refractivity contribution >= 4 is 23.3 Å². The monoisotopic (exact) mass is 295 g/mol. The van der Waals surface area contributed by atoms with E-state index in [1.807, 2.05) is 0 Å². The number of hydrogen-bond donors (Lipinski definition) is 2. The van der Waals surface area contributed by atoms with Crippen LogP contribution in [0.3, 0.4) is 0 Å². The lowest BCUT2D eigenvalue weighted by Crippen LogP contribution is -2.36. The maximum absolute atomic E-state index is 11.7. The molecule has 0 saturated heterocycles. The number of rotatable bonds is 6. The van der Waals surface area contributed by atoms with E-state index in [-0.39, 0.29) is 22.9 Å². The highest BCUT2D eigenvalue weighted by atomic mass is 16.6. The van der Waals surface area contributed by atoms with Crippen molar-refractivity contribution in [1.82, 2.24) is 0 Å². The molecule has 0 heterocycles. The molecule has 3 N–H and O–H groups in total. The zero-order valence-electron chi connectivity index (χ0n) is 12.0. The van der Waals surface area contributed by atoms with E-state index in [9.17, 15) is 19.7 Å². The van der Waals surface area contributed by atoms with Crippen molar-refractivity contribution < 1.29 is 19.2 Å². The number of nitrogens with two attached hydrogens (primary N) is 1. The Hall–Kier alpha value is -2.64. The van der Waals surface area contributed by atoms with Crippen LogP contribution in [-0.2, 0) is 9.53 Å². The van der Waals surface area contributed by atoms with Crippen molar-refractivity contribution in [3.63, 3.8) is 0 Å². The third kappa shape index (κ3) is 3.91. The van der Waals surface area contributed by atoms with Gasteiger partial charge in [-0.1, -0.05) is 13.8 Å². The number of nitro groups is 1. The molecule has 0 spiro atoms. The molecule has 1 rings (SSSR count). The normalized spacial score (nSPS) is 11.8. The molecule has 1 aromatic carbocycles. The Kier molecular flexibility index (Phi) is 5.23. The summed E-state index contributed by atoms with van der Waals surface area (Å²) in [4.78, 5) is 33.2. The fourth-order valence-corrected chi connectivity index (χ4v) is 1.77. The highest BCUT2D eigenvalue weighted by Crippen LogP contribution is 2.24. The van der Waals surface area contributed by atoms with Crippen LogP contribution in [0.2, 0.25) is 0 Å². The molecule has 8 heteroatoms. The number of nitrogens with zero attached hydrogens (tertiary/aromatic N) is 1. The van der Waals surface area contributed by atoms with Crippen molar-refractivity contribution in [1.29, 1.82) is 0 Å². The molecule has 0 fully saturated rings. The topological polar surface area (TPSA) is 125 Å². The quantitative estimate of drug-likeness (QED) is 0.463. The SMILES string of the molecule is COC(=O)C(Nc1ccc([N+](=O)[O-])cc1C(N)=O)C(C)C. The molecule has 1 amide bonds. The smallest absolute Gasteiger partial charge is 0.328 e. The van der Waals surface area contributed by atoms with Gasteiger partial charge in [0.25, 0.3) is 11.6 Å². The molecule has 0 radical (unpaired) electrons. The molecule has 21 heavy (non-hydrogen) atoms. The van der Waals surface area contributed by atoms with Gasteiger partial charge in [-0.25, -0.2) is 4.79 Å². The summed E-state index contributed by atoms with van der Waals surface area (Å²) in [5, 5.41) is 13.6. The van der Waals surface area contributed by atoms with E-state index < -0.39 is 22.8 Å². The Morgan fingerprint density at radius 3 is 2.43 bits per heavy atom. The van der Waals surface area contributed by atoms with Gasteiger partial charge in [-0.15, -0.1) is 0 Å². The Morgan fingerprint density at radius 1 is 1.38 bits per heavy atom. The van der Waals surface area contributed by atoms with Gasteiger partial charge in [0.15, 0.2) is 0 Å². The van der Waals surface area contributed by atoms with Crippen LogP contribution in [0.5, 0.6) is 0 Å². The second-order valence-corrected chi connectivity index (χ2v) is 4.74. The molecule has 1 unspecified atom stereocenters. The van der Waals surface area contributed by atoms with E-state index in [4.69, 9.17) is 5.73 Å². The summed E-state index contributed by atoms with van der Waals surface area (Å²) >= 11 is 0. The minimum Gasteiger partial charge on any atom is -0.467 e. The minimum absolute atomic E-state index is 0.0567. The minimum atomic E-state index is -0.825. The number of nitro benzene ring substituents is 1. The lowest BCUT2D eigenvalue weighted by atomic mass is 10.0. The van der Waals surface area contributed by atoms with Gasteiger partial charge in [-0.3, -0.25) is 14.9 Å². The maximum Gasteiger partial charge on any atom is 0.328 e. The van der Waals surface area contributed by atoms with Gasteiger partial charge in [0.05, 0.1) is 17.6 Å². The summed E-state index contributed by atoms with van der Waals surface area (Å²) < 4.78 is 4.68. The number of nitrogens with one attached hydrogen (secondary N) is 1. The second-order valence-electron chi connectivity index (χ2n) is 4.74. The summed E-state index contributed by atoms with van der Waals surface area (Å²) in [6, 6.07) is 2.94. The van der Waals surface area contributed by atoms with E-state index in [1.54, 1.807) is 13.8 Å². The zero-order chi connectivity index (χ0) is 16.2. The lowest BCUT2D eigenvalue weighted by molar-refractivity contribution is -0.384. The van der Waals surface area contributed by atoms with E-state index in [2.05, 4.69) is 10.1 Å². The number of ether oxygens (including phenoxy) is 1. The number of non-ortho nitro benzene ring substituents is 1. The number of carbonyl (C=O) groups excluding carboxylic acids is 2. The lowest BCUT2D eigenvalue weighted by Gasteiger charge is -2.22. The highest BCUT2D eigenvalue weighted by Gasteiger charge is 2.25. The molecule has 1 atom stereocenters. The average molecular weight is 295 g/mol. The number of primary amides is 1. The largest absolute Gasteiger partial charge is 0.467 e. The molecular weight excluding hydrogens is 278 g/mol. The first-order chi connectivity index (χ1) is 9.77. The van der Waals surface area contributed by atoms with Crippen molar-refractivity contribution in [3.8, 4) is 0 Å². The predicted octanol–water partition coefficient (Wildman–Crippen LogP) is 1.30. The molecule has 0 saturated carbocycles. The van der Waals surface area contributed by atoms with Crippen molar-refractivity contribution in [2.45, 2.75) is 19.9 Å². The molecule has 0 aliphatic carbocycles. The number of hydrogen-bond acceptors (Lipinski definition) is 6. The molecule has 114 valence electrons. The fraction of sp³-hybridized carbons (Fsp3) is 0.385. The first kappa shape index (κ1) is 16.4. The number of benzene rings is 1. The van der Waals surface area contributed by atoms with Crippen LogP contribution < -0.4 is 11.1 Å². The summed E-state index contributed by atoms with van der Waals surface area (Å²) in [5.41, 5.74) is 5.16. The third-order valence-electron chi connectivity index (χ3n) is 2.91. The maximum atomic E-state index is 11.7. The molecule has 0 aliphatic heterocycles. The standard InChI is InChI=1S/C13H17N3O5/c1-7(2)11(13(18)21-3)15-10-5-4-8(16(19)20)6-9(10)12(14)17/h4-7,11,15H,1-3H3,(H2,14,17). The van der Waals surface area contributed by atoms with Gasteiger partial charge < -0.3 is 15.8 Å². The summed E-state index contributed by atoms with van der Waals surface area (Å²) in [6.07, 6.45) is 0. The molecule has 0 aliphatic rings. The Bertz CT molecular complexity index is 571. The van der Waals surface area contributed by atoms with Crippen LogP contribution in [0.15, 0.2) is 18.2 Å². The number of carbonyl (C=O) groups is 2. The Labute approximate surface area is 121 Å². The van der Waals surface area contributed by atoms with E-state index in [0.717, 1.165) is 6.07 Å². The molecule has 0 aromatic heterocycles. The number of anilines is 1. The van der Waals surface area contributed by atoms with E-state index in [0.29, 0.717) is 0 Å². The molecule has 0 bridgehead atoms. The van der Waals surface area contributed by atoms with E-state index >= 15 is 0 Å². The molecule has 8 nitrogen and oxygen atoms in total. The summed E-state index contributed by atoms with van der Waals surface area (Å²) in [7, 11) is 1.25. The predicted molar refractivity (Wildman–Crippen MR) is 75.9 cm³/mol. The number of amides is 1. The van der Waals surface area contributed by atoms with Gasteiger partial charge in [-0.05, 0) is 12.0 Å². The van der Waals surface area contributed by atoms with Crippen molar-refractivity contribution in [2.24, 2.45) is 11.7 Å². The average Bonchev–Trinajstić information content (AvgIpc) is 2.43. The van der Waals surface area contributed by atoms with Crippen molar-refractivity contribution in [2.75, 3.05) is 12.4 Å². The van der Waals surface area contributed by atoms with Crippen LogP contribution in [0.1, 0.15) is 24.2 Å². The summed E-state index contributed by atoms with van der Waals surface area (Å²) in [5.74, 6) is -1.44. The van der Waals surface area contributed by atoms with E-state index in [1.165, 1.54) is 19.2 Å². The zero-order valence-corrected chi connectivity index (χ0v) is 12.0. The fourth-order valence-electron chi connectivity index (χ4n) is 1.77. The van der Waals surface area contributed by atoms with Crippen LogP contribution >= 0.6 is 0 Å². The van der Waals surface area contributed by atoms with Crippen LogP contribution in [-0.4, -0.2) is 30.0 Å². The highest BCUT2D eigenvalue weighted by molar-refractivity contribution is 5.99. The first-order valence-corrected chi connectivity index (χ1v) is 6.20. The number of esters is 1. The van der Waals surface area contributed by atoms with Crippen LogP contribution in [0.25, 0.3) is 0 Å². The van der Waals surface area contributed by atoms with Crippen LogP contribution in [0.4, 0.5) is 11.4 Å². The second kappa shape index (κ2) is 6.69. The van der Waals surface area contributed by atoms with Gasteiger partial charge in [-0.2, -0.15) is 0 Å². The van der Waals surface area contributed by atoms with Gasteiger partial charge in [0.1, 0.15) is 6.04 Å². The van der Waals surface area contributed by atoms with Gasteiger partial charge in [0, 0.05) is 17.8 Å². The van der Waals surface area contributed by atoms with Gasteiger partial charge in [0.2, 0.25) is 0 Å². The van der Waals surface area contributed by atoms with Gasteiger partial charge >= 0.3 is 5.97 Å². The molecular formula is C13H17N3O5. The Balaban J connectivity index is 3.20. The molecule has 1 aromatic rings. The Morgan fingerprint density at radius 2 is 2.00 bits per heavy atom. The summed E-state index contributed by atoms with van der Waals surface area (Å²) in [6.45, 7) is 3.59. The number of methoxy groups -OCH3 is 1. The first-order valence-electron chi connectivity index (χ1n) is 6.20. The van der Waals surface area contributed by atoms with Crippen LogP contribution in [0, 0.1) is 16.0 Å². The third-order valence-corrected chi connectivity index (χ3v) is 2.91.